The van der Waals surface area contributed by atoms with Crippen LogP contribution in [-0.4, -0.2) is 42.9 Å². The average Bonchev–Trinajstić information content (AvgIpc) is 2.80. The fourth-order valence-electron chi connectivity index (χ4n) is 3.67. The zero-order chi connectivity index (χ0) is 25.0. The normalized spacial score (nSPS) is 11.0. The van der Waals surface area contributed by atoms with Gasteiger partial charge in [-0.1, -0.05) is 38.5 Å². The van der Waals surface area contributed by atoms with E-state index in [4.69, 9.17) is 5.73 Å². The summed E-state index contributed by atoms with van der Waals surface area (Å²) in [5.41, 5.74) is 3.39. The van der Waals surface area contributed by atoms with Crippen LogP contribution in [0.15, 0.2) is 38.6 Å². The maximum absolute atomic E-state index is 13.3. The molecule has 0 fully saturated rings. The number of carboxylic acid groups (broad SMARTS) is 1. The molecule has 12 nitrogen and oxygen atoms in total. The van der Waals surface area contributed by atoms with Crippen LogP contribution >= 0.6 is 0 Å². The SMILES string of the molecule is CCCCN(C(=O)Cn1nc(C(=O)O)c2ccccc2c1=O)c1c(N)n(CCC)c(=O)[nH]c1=O. The van der Waals surface area contributed by atoms with E-state index in [1.54, 1.807) is 12.1 Å². The van der Waals surface area contributed by atoms with Gasteiger partial charge in [-0.25, -0.2) is 14.3 Å². The highest BCUT2D eigenvalue weighted by Gasteiger charge is 2.25. The van der Waals surface area contributed by atoms with E-state index in [9.17, 15) is 29.1 Å². The molecule has 0 spiro atoms. The van der Waals surface area contributed by atoms with Gasteiger partial charge in [0, 0.05) is 18.5 Å². The lowest BCUT2D eigenvalue weighted by molar-refractivity contribution is -0.119. The predicted molar refractivity (Wildman–Crippen MR) is 126 cm³/mol. The third-order valence-electron chi connectivity index (χ3n) is 5.32. The molecule has 1 amide bonds. The van der Waals surface area contributed by atoms with Crippen molar-refractivity contribution < 1.29 is 14.7 Å². The maximum Gasteiger partial charge on any atom is 0.357 e. The standard InChI is InChI=1S/C22H26N6O6/c1-3-5-11-26(17-18(23)27(10-4-2)22(34)24-19(17)30)15(29)12-28-20(31)14-9-7-6-8-13(14)16(25-28)21(32)33/h6-9H,3-5,10-12,23H2,1-2H3,(H,32,33)(H,24,30,34). The van der Waals surface area contributed by atoms with E-state index in [1.807, 2.05) is 13.8 Å². The molecular weight excluding hydrogens is 444 g/mol. The Morgan fingerprint density at radius 2 is 1.79 bits per heavy atom. The summed E-state index contributed by atoms with van der Waals surface area (Å²) >= 11 is 0. The molecule has 0 atom stereocenters. The summed E-state index contributed by atoms with van der Waals surface area (Å²) in [6, 6.07) is 6.07. The number of nitrogen functional groups attached to an aromatic ring is 1. The van der Waals surface area contributed by atoms with E-state index < -0.39 is 35.2 Å². The first kappa shape index (κ1) is 24.4. The first-order valence-electron chi connectivity index (χ1n) is 10.9. The summed E-state index contributed by atoms with van der Waals surface area (Å²) in [5, 5.41) is 13.7. The number of aromatic carboxylic acids is 1. The number of aromatic amines is 1. The van der Waals surface area contributed by atoms with Crippen molar-refractivity contribution in [2.45, 2.75) is 46.2 Å². The molecule has 2 aromatic heterocycles. The fourth-order valence-corrected chi connectivity index (χ4v) is 3.67. The number of aromatic nitrogens is 4. The van der Waals surface area contributed by atoms with E-state index in [0.29, 0.717) is 19.3 Å². The number of unbranched alkanes of at least 4 members (excludes halogenated alkanes) is 1. The highest BCUT2D eigenvalue weighted by atomic mass is 16.4. The third-order valence-corrected chi connectivity index (χ3v) is 5.32. The Balaban J connectivity index is 2.12. The topological polar surface area (TPSA) is 173 Å². The van der Waals surface area contributed by atoms with Crippen molar-refractivity contribution in [1.29, 1.82) is 0 Å². The first-order chi connectivity index (χ1) is 16.2. The molecule has 4 N–H and O–H groups in total. The van der Waals surface area contributed by atoms with Gasteiger partial charge in [-0.15, -0.1) is 0 Å². The number of carbonyl (C=O) groups is 2. The Morgan fingerprint density at radius 1 is 1.12 bits per heavy atom. The fraction of sp³-hybridized carbons (Fsp3) is 0.364. The Bertz CT molecular complexity index is 1420. The minimum atomic E-state index is -1.35. The molecule has 3 rings (SSSR count). The summed E-state index contributed by atoms with van der Waals surface area (Å²) < 4.78 is 1.94. The third kappa shape index (κ3) is 4.60. The lowest BCUT2D eigenvalue weighted by Gasteiger charge is -2.24. The number of amides is 1. The van der Waals surface area contributed by atoms with Gasteiger partial charge in [0.25, 0.3) is 11.1 Å². The summed E-state index contributed by atoms with van der Waals surface area (Å²) in [4.78, 5) is 66.1. The highest BCUT2D eigenvalue weighted by molar-refractivity contribution is 6.01. The number of nitrogens with zero attached hydrogens (tertiary/aromatic N) is 4. The van der Waals surface area contributed by atoms with E-state index in [0.717, 1.165) is 9.58 Å². The second kappa shape index (κ2) is 10.1. The van der Waals surface area contributed by atoms with Crippen LogP contribution in [0, 0.1) is 0 Å². The minimum Gasteiger partial charge on any atom is -0.476 e. The molecule has 34 heavy (non-hydrogen) atoms. The number of hydrogen-bond donors (Lipinski definition) is 3. The molecule has 180 valence electrons. The van der Waals surface area contributed by atoms with Gasteiger partial charge in [-0.05, 0) is 18.9 Å². The zero-order valence-corrected chi connectivity index (χ0v) is 18.9. The number of nitrogens with two attached hydrogens (primary N) is 1. The van der Waals surface area contributed by atoms with Gasteiger partial charge in [0.2, 0.25) is 5.91 Å². The van der Waals surface area contributed by atoms with Crippen LogP contribution in [0.1, 0.15) is 43.6 Å². The highest BCUT2D eigenvalue weighted by Crippen LogP contribution is 2.19. The number of nitrogens with one attached hydrogen (secondary N) is 1. The van der Waals surface area contributed by atoms with Crippen molar-refractivity contribution in [3.8, 4) is 0 Å². The molecule has 0 radical (unpaired) electrons. The summed E-state index contributed by atoms with van der Waals surface area (Å²) in [7, 11) is 0. The molecular formula is C22H26N6O6. The molecule has 0 aliphatic heterocycles. The number of rotatable bonds is 9. The Hall–Kier alpha value is -4.22. The van der Waals surface area contributed by atoms with Crippen molar-refractivity contribution in [2.24, 2.45) is 0 Å². The van der Waals surface area contributed by atoms with Crippen LogP contribution in [0.25, 0.3) is 10.8 Å². The number of anilines is 2. The number of fused-ring (bicyclic) bond motifs is 1. The summed E-state index contributed by atoms with van der Waals surface area (Å²) in [6.45, 7) is 3.43. The smallest absolute Gasteiger partial charge is 0.357 e. The largest absolute Gasteiger partial charge is 0.476 e. The molecule has 0 aliphatic rings. The van der Waals surface area contributed by atoms with Gasteiger partial charge in [-0.3, -0.25) is 23.9 Å². The Labute approximate surface area is 193 Å². The number of H-pyrrole nitrogens is 1. The van der Waals surface area contributed by atoms with Crippen molar-refractivity contribution in [2.75, 3.05) is 17.2 Å². The lowest BCUT2D eigenvalue weighted by Crippen LogP contribution is -2.44. The van der Waals surface area contributed by atoms with E-state index in [1.165, 1.54) is 16.7 Å². The molecule has 3 aromatic rings. The molecule has 1 aromatic carbocycles. The maximum atomic E-state index is 13.3. The second-order valence-corrected chi connectivity index (χ2v) is 7.71. The monoisotopic (exact) mass is 470 g/mol. The van der Waals surface area contributed by atoms with Gasteiger partial charge in [0.1, 0.15) is 12.4 Å². The van der Waals surface area contributed by atoms with Gasteiger partial charge in [0.15, 0.2) is 11.4 Å². The summed E-state index contributed by atoms with van der Waals surface area (Å²) in [5.74, 6) is -2.22. The molecule has 0 saturated heterocycles. The minimum absolute atomic E-state index is 0.0941. The van der Waals surface area contributed by atoms with Crippen LogP contribution in [0.5, 0.6) is 0 Å². The van der Waals surface area contributed by atoms with E-state index in [2.05, 4.69) is 10.1 Å². The number of carbonyl (C=O) groups excluding carboxylic acids is 1. The van der Waals surface area contributed by atoms with Crippen molar-refractivity contribution in [3.63, 3.8) is 0 Å². The van der Waals surface area contributed by atoms with Gasteiger partial charge < -0.3 is 15.7 Å². The van der Waals surface area contributed by atoms with Gasteiger partial charge in [0.05, 0.1) is 5.39 Å². The van der Waals surface area contributed by atoms with E-state index in [-0.39, 0.29) is 41.1 Å². The van der Waals surface area contributed by atoms with Gasteiger partial charge in [-0.2, -0.15) is 5.10 Å². The zero-order valence-electron chi connectivity index (χ0n) is 18.9. The van der Waals surface area contributed by atoms with Crippen LogP contribution in [0.4, 0.5) is 11.5 Å². The van der Waals surface area contributed by atoms with Crippen molar-refractivity contribution >= 4 is 34.2 Å². The lowest BCUT2D eigenvalue weighted by atomic mass is 10.1. The number of benzene rings is 1. The van der Waals surface area contributed by atoms with Gasteiger partial charge >= 0.3 is 11.7 Å². The quantitative estimate of drug-likeness (QED) is 0.411. The number of hydrogen-bond acceptors (Lipinski definition) is 7. The molecule has 0 aliphatic carbocycles. The Morgan fingerprint density at radius 3 is 2.41 bits per heavy atom. The molecule has 12 heteroatoms. The van der Waals surface area contributed by atoms with Crippen LogP contribution in [0.3, 0.4) is 0 Å². The van der Waals surface area contributed by atoms with Crippen molar-refractivity contribution in [1.82, 2.24) is 19.3 Å². The average molecular weight is 470 g/mol. The molecule has 0 bridgehead atoms. The molecule has 0 saturated carbocycles. The molecule has 2 heterocycles. The predicted octanol–water partition coefficient (Wildman–Crippen LogP) is 0.770. The van der Waals surface area contributed by atoms with Crippen LogP contribution in [0.2, 0.25) is 0 Å². The van der Waals surface area contributed by atoms with Crippen molar-refractivity contribution in [3.05, 3.63) is 61.2 Å². The molecule has 0 unspecified atom stereocenters. The number of carboxylic acids is 1. The van der Waals surface area contributed by atoms with E-state index >= 15 is 0 Å². The summed E-state index contributed by atoms with van der Waals surface area (Å²) in [6.07, 6.45) is 1.76. The Kier molecular flexibility index (Phi) is 7.29. The van der Waals surface area contributed by atoms with Crippen LogP contribution in [-0.2, 0) is 17.9 Å². The van der Waals surface area contributed by atoms with Crippen LogP contribution < -0.4 is 27.4 Å². The second-order valence-electron chi connectivity index (χ2n) is 7.71. The first-order valence-corrected chi connectivity index (χ1v) is 10.9.